The normalized spacial score (nSPS) is 38.1. The van der Waals surface area contributed by atoms with Crippen molar-refractivity contribution in [1.29, 1.82) is 5.41 Å². The molecule has 0 aromatic heterocycles. The number of nitrogens with one attached hydrogen (secondary N) is 2. The quantitative estimate of drug-likeness (QED) is 0.373. The molecule has 136 valence electrons. The average molecular weight is 353 g/mol. The highest BCUT2D eigenvalue weighted by Gasteiger charge is 2.57. The van der Waals surface area contributed by atoms with Crippen LogP contribution in [0, 0.1) is 11.3 Å². The van der Waals surface area contributed by atoms with Crippen LogP contribution in [0.4, 0.5) is 4.79 Å². The molecule has 5 N–H and O–H groups in total. The van der Waals surface area contributed by atoms with Crippen LogP contribution in [0.25, 0.3) is 0 Å². The second-order valence-electron chi connectivity index (χ2n) is 6.69. The fourth-order valence-corrected chi connectivity index (χ4v) is 3.41. The number of carbonyl (C=O) groups is 2. The molecule has 3 amide bonds. The summed E-state index contributed by atoms with van der Waals surface area (Å²) in [5.74, 6) is -0.647. The number of amidine groups is 1. The van der Waals surface area contributed by atoms with Gasteiger partial charge in [-0.15, -0.1) is 0 Å². The van der Waals surface area contributed by atoms with Gasteiger partial charge in [-0.1, -0.05) is 0 Å². The predicted molar refractivity (Wildman–Crippen MR) is 81.5 cm³/mol. The summed E-state index contributed by atoms with van der Waals surface area (Å²) in [6.07, 6.45) is -3.26. The first-order valence-electron chi connectivity index (χ1n) is 8.12. The molecule has 3 fully saturated rings. The van der Waals surface area contributed by atoms with Crippen molar-refractivity contribution in [3.05, 3.63) is 0 Å². The summed E-state index contributed by atoms with van der Waals surface area (Å²) in [5, 5.41) is 39.3. The van der Waals surface area contributed by atoms with Crippen LogP contribution < -0.4 is 5.32 Å². The summed E-state index contributed by atoms with van der Waals surface area (Å²) in [6.45, 7) is -0.163. The summed E-state index contributed by atoms with van der Waals surface area (Å²) in [5.41, 5.74) is 0. The zero-order valence-corrected chi connectivity index (χ0v) is 13.2. The summed E-state index contributed by atoms with van der Waals surface area (Å²) < 4.78 is 5.42. The topological polar surface area (TPSA) is 159 Å². The van der Waals surface area contributed by atoms with Crippen LogP contribution in [0.3, 0.4) is 0 Å². The molecule has 5 atom stereocenters. The van der Waals surface area contributed by atoms with Crippen LogP contribution in [0.5, 0.6) is 0 Å². The molecule has 3 aliphatic heterocycles. The van der Waals surface area contributed by atoms with E-state index in [-0.39, 0.29) is 5.84 Å². The lowest BCUT2D eigenvalue weighted by Gasteiger charge is -2.26. The predicted octanol–water partition coefficient (Wildman–Crippen LogP) is -2.60. The maximum absolute atomic E-state index is 12.9. The van der Waals surface area contributed by atoms with Gasteiger partial charge in [-0.2, -0.15) is 4.99 Å². The Morgan fingerprint density at radius 2 is 2.00 bits per heavy atom. The van der Waals surface area contributed by atoms with E-state index in [9.17, 15) is 24.9 Å². The highest BCUT2D eigenvalue weighted by atomic mass is 16.6. The van der Waals surface area contributed by atoms with Gasteiger partial charge in [0, 0.05) is 6.54 Å². The number of aliphatic hydroxyl groups excluding tert-OH is 3. The SMILES string of the molecule is N=C1N=C2C(C(=O)N1)N(CC1CC1)C(=O)N2[C@@H]1O[C@H](CO)[C@H](O)[C@H]1O. The smallest absolute Gasteiger partial charge is 0.328 e. The number of rotatable bonds is 4. The molecular formula is C14H19N5O6. The lowest BCUT2D eigenvalue weighted by atomic mass is 10.1. The Morgan fingerprint density at radius 1 is 1.28 bits per heavy atom. The first-order valence-corrected chi connectivity index (χ1v) is 8.12. The van der Waals surface area contributed by atoms with Crippen molar-refractivity contribution in [3.63, 3.8) is 0 Å². The van der Waals surface area contributed by atoms with Crippen molar-refractivity contribution in [2.75, 3.05) is 13.2 Å². The van der Waals surface area contributed by atoms with E-state index in [0.717, 1.165) is 17.7 Å². The van der Waals surface area contributed by atoms with Gasteiger partial charge in [0.15, 0.2) is 18.1 Å². The van der Waals surface area contributed by atoms with Crippen molar-refractivity contribution >= 4 is 23.7 Å². The summed E-state index contributed by atoms with van der Waals surface area (Å²) in [4.78, 5) is 31.6. The van der Waals surface area contributed by atoms with Gasteiger partial charge >= 0.3 is 6.03 Å². The highest BCUT2D eigenvalue weighted by Crippen LogP contribution is 2.35. The van der Waals surface area contributed by atoms with E-state index in [1.54, 1.807) is 0 Å². The molecule has 4 aliphatic rings. The minimum Gasteiger partial charge on any atom is -0.394 e. The molecule has 11 heteroatoms. The molecule has 1 saturated carbocycles. The van der Waals surface area contributed by atoms with Crippen molar-refractivity contribution in [2.24, 2.45) is 10.9 Å². The maximum atomic E-state index is 12.9. The summed E-state index contributed by atoms with van der Waals surface area (Å²) in [7, 11) is 0. The molecule has 2 saturated heterocycles. The molecule has 25 heavy (non-hydrogen) atoms. The van der Waals surface area contributed by atoms with Crippen LogP contribution in [-0.2, 0) is 9.53 Å². The van der Waals surface area contributed by atoms with Gasteiger partial charge in [-0.05, 0) is 18.8 Å². The molecular weight excluding hydrogens is 334 g/mol. The number of hydrogen-bond acceptors (Lipinski definition) is 7. The Labute approximate surface area is 142 Å². The van der Waals surface area contributed by atoms with E-state index in [4.69, 9.17) is 10.1 Å². The average Bonchev–Trinajstić information content (AvgIpc) is 3.28. The van der Waals surface area contributed by atoms with E-state index in [1.165, 1.54) is 4.90 Å². The Morgan fingerprint density at radius 3 is 2.60 bits per heavy atom. The molecule has 0 spiro atoms. The third kappa shape index (κ3) is 2.51. The number of nitrogens with zero attached hydrogens (tertiary/aromatic N) is 3. The number of aliphatic hydroxyl groups is 3. The fraction of sp³-hybridized carbons (Fsp3) is 0.714. The number of urea groups is 1. The van der Waals surface area contributed by atoms with Crippen LogP contribution >= 0.6 is 0 Å². The number of carbonyl (C=O) groups excluding carboxylic acids is 2. The van der Waals surface area contributed by atoms with Crippen molar-refractivity contribution in [1.82, 2.24) is 15.1 Å². The first kappa shape index (κ1) is 16.4. The van der Waals surface area contributed by atoms with Gasteiger partial charge in [0.25, 0.3) is 5.91 Å². The zero-order chi connectivity index (χ0) is 17.9. The van der Waals surface area contributed by atoms with Gasteiger partial charge in [-0.3, -0.25) is 15.5 Å². The Bertz CT molecular complexity index is 664. The largest absolute Gasteiger partial charge is 0.394 e. The molecule has 0 aromatic carbocycles. The van der Waals surface area contributed by atoms with Gasteiger partial charge in [-0.25, -0.2) is 9.69 Å². The number of fused-ring (bicyclic) bond motifs is 1. The minimum atomic E-state index is -1.47. The van der Waals surface area contributed by atoms with Gasteiger partial charge < -0.3 is 25.0 Å². The number of hydrogen-bond donors (Lipinski definition) is 5. The second kappa shape index (κ2) is 5.73. The number of amides is 3. The number of aliphatic imine (C=N–C) groups is 1. The minimum absolute atomic E-state index is 0.00533. The van der Waals surface area contributed by atoms with Crippen LogP contribution in [0.15, 0.2) is 4.99 Å². The molecule has 1 unspecified atom stereocenters. The Kier molecular flexibility index (Phi) is 3.76. The monoisotopic (exact) mass is 353 g/mol. The maximum Gasteiger partial charge on any atom is 0.328 e. The summed E-state index contributed by atoms with van der Waals surface area (Å²) >= 11 is 0. The van der Waals surface area contributed by atoms with E-state index >= 15 is 0 Å². The van der Waals surface area contributed by atoms with E-state index in [1.807, 2.05) is 0 Å². The zero-order valence-electron chi connectivity index (χ0n) is 13.2. The van der Waals surface area contributed by atoms with Crippen LogP contribution in [0.1, 0.15) is 12.8 Å². The van der Waals surface area contributed by atoms with E-state index in [2.05, 4.69) is 10.3 Å². The molecule has 0 bridgehead atoms. The van der Waals surface area contributed by atoms with Crippen molar-refractivity contribution in [3.8, 4) is 0 Å². The Balaban J connectivity index is 1.69. The first-order chi connectivity index (χ1) is 11.9. The second-order valence-corrected chi connectivity index (χ2v) is 6.69. The van der Waals surface area contributed by atoms with Crippen LogP contribution in [-0.4, -0.2) is 92.6 Å². The van der Waals surface area contributed by atoms with Crippen LogP contribution in [0.2, 0.25) is 0 Å². The lowest BCUT2D eigenvalue weighted by molar-refractivity contribution is -0.122. The molecule has 4 rings (SSSR count). The highest BCUT2D eigenvalue weighted by molar-refractivity contribution is 6.25. The van der Waals surface area contributed by atoms with Gasteiger partial charge in [0.1, 0.15) is 18.3 Å². The Hall–Kier alpha value is -2.08. The van der Waals surface area contributed by atoms with Gasteiger partial charge in [0.2, 0.25) is 5.96 Å². The van der Waals surface area contributed by atoms with E-state index < -0.39 is 55.1 Å². The lowest BCUT2D eigenvalue weighted by Crippen LogP contribution is -2.54. The third-order valence-electron chi connectivity index (χ3n) is 4.89. The molecule has 0 radical (unpaired) electrons. The number of guanidine groups is 1. The molecule has 11 nitrogen and oxygen atoms in total. The van der Waals surface area contributed by atoms with Gasteiger partial charge in [0.05, 0.1) is 6.61 Å². The fourth-order valence-electron chi connectivity index (χ4n) is 3.41. The molecule has 3 heterocycles. The summed E-state index contributed by atoms with van der Waals surface area (Å²) in [6, 6.07) is -1.57. The van der Waals surface area contributed by atoms with E-state index in [0.29, 0.717) is 12.5 Å². The van der Waals surface area contributed by atoms with Crippen molar-refractivity contribution in [2.45, 2.75) is 43.4 Å². The molecule has 0 aromatic rings. The standard InChI is InChI=1S/C14H19N5O6/c15-13-16-10-7(11(23)17-13)18(3-5-1-2-5)14(24)19(10)12-9(22)8(21)6(4-20)25-12/h5-9,12,20-22H,1-4H2,(H2,15,17,23)/t6-,7?,8+,9-,12-/m1/s1. The number of ether oxygens (including phenoxy) is 1. The van der Waals surface area contributed by atoms with Crippen molar-refractivity contribution < 1.29 is 29.6 Å². The molecule has 1 aliphatic carbocycles. The third-order valence-corrected chi connectivity index (χ3v) is 4.89.